The number of fused-ring (bicyclic) bond motifs is 1. The molecule has 0 N–H and O–H groups in total. The normalized spacial score (nSPS) is 23.0. The van der Waals surface area contributed by atoms with Gasteiger partial charge in [0.15, 0.2) is 11.6 Å². The summed E-state index contributed by atoms with van der Waals surface area (Å²) in [4.78, 5) is 14.8. The molecule has 4 rings (SSSR count). The summed E-state index contributed by atoms with van der Waals surface area (Å²) >= 11 is 5.99. The molecule has 0 spiro atoms. The van der Waals surface area contributed by atoms with E-state index in [9.17, 15) is 26.7 Å². The van der Waals surface area contributed by atoms with Crippen LogP contribution in [0.25, 0.3) is 0 Å². The van der Waals surface area contributed by atoms with Crippen LogP contribution >= 0.6 is 11.6 Å². The maximum absolute atomic E-state index is 13.4. The van der Waals surface area contributed by atoms with Crippen LogP contribution in [-0.2, 0) is 12.7 Å². The number of halogens is 6. The van der Waals surface area contributed by atoms with Crippen molar-refractivity contribution in [3.63, 3.8) is 0 Å². The maximum Gasteiger partial charge on any atom is 0.417 e. The molecule has 2 aliphatic rings. The van der Waals surface area contributed by atoms with Crippen LogP contribution in [0, 0.1) is 11.8 Å². The molecule has 1 amide bonds. The molecule has 0 radical (unpaired) electrons. The third-order valence-corrected chi connectivity index (χ3v) is 6.20. The molecule has 2 aromatic rings. The van der Waals surface area contributed by atoms with E-state index in [-0.39, 0.29) is 36.3 Å². The summed E-state index contributed by atoms with van der Waals surface area (Å²) in [7, 11) is 0. The Hall–Kier alpha value is -2.75. The van der Waals surface area contributed by atoms with Crippen molar-refractivity contribution in [2.24, 2.45) is 11.8 Å². The number of nitrogens with zero attached hydrogens (tertiary/aromatic N) is 4. The second-order valence-electron chi connectivity index (χ2n) is 7.68. The van der Waals surface area contributed by atoms with Gasteiger partial charge in [-0.1, -0.05) is 48.9 Å². The molecule has 1 aliphatic carbocycles. The number of alkyl halides is 5. The monoisotopic (exact) mass is 472 g/mol. The highest BCUT2D eigenvalue weighted by Gasteiger charge is 2.43. The molecule has 0 bridgehead atoms. The number of amides is 1. The Morgan fingerprint density at radius 1 is 1.16 bits per heavy atom. The van der Waals surface area contributed by atoms with Crippen LogP contribution < -0.4 is 0 Å². The van der Waals surface area contributed by atoms with Gasteiger partial charge in [-0.15, -0.1) is 10.2 Å². The van der Waals surface area contributed by atoms with Gasteiger partial charge in [0.2, 0.25) is 0 Å². The molecule has 2 heterocycles. The van der Waals surface area contributed by atoms with Gasteiger partial charge in [-0.2, -0.15) is 13.2 Å². The van der Waals surface area contributed by atoms with Crippen molar-refractivity contribution in [2.45, 2.75) is 32.1 Å². The minimum absolute atomic E-state index is 0.0123. The standard InChI is InChI=1S/C21H18ClF5N4O/c1-11-5-2-3-6-12(11)16-18-28-29-19(17(23)24)31(18)10-9-30(16)20(32)13-7-4-8-14(15(13)22)21(25,26)27/h2-8,11-12,16-17H,9-10H2,1H3/t11?,12?,16-/m1/s1. The van der Waals surface area contributed by atoms with Crippen molar-refractivity contribution in [2.75, 3.05) is 6.54 Å². The van der Waals surface area contributed by atoms with Crippen molar-refractivity contribution < 1.29 is 26.7 Å². The lowest BCUT2D eigenvalue weighted by Gasteiger charge is -2.41. The first-order valence-electron chi connectivity index (χ1n) is 9.84. The first-order valence-corrected chi connectivity index (χ1v) is 10.2. The van der Waals surface area contributed by atoms with E-state index in [1.54, 1.807) is 6.08 Å². The average Bonchev–Trinajstić information content (AvgIpc) is 3.17. The molecule has 2 unspecified atom stereocenters. The zero-order valence-corrected chi connectivity index (χ0v) is 17.5. The van der Waals surface area contributed by atoms with Gasteiger partial charge in [-0.25, -0.2) is 8.78 Å². The van der Waals surface area contributed by atoms with E-state index >= 15 is 0 Å². The number of carbonyl (C=O) groups is 1. The Balaban J connectivity index is 1.80. The van der Waals surface area contributed by atoms with Crippen LogP contribution in [0.3, 0.4) is 0 Å². The highest BCUT2D eigenvalue weighted by atomic mass is 35.5. The SMILES string of the molecule is CC1C=CC=CC1[C@@H]1c2nnc(C(F)F)n2CCN1C(=O)c1cccc(C(F)(F)F)c1Cl. The molecule has 170 valence electrons. The van der Waals surface area contributed by atoms with Gasteiger partial charge in [-0.05, 0) is 18.1 Å². The van der Waals surface area contributed by atoms with Crippen molar-refractivity contribution in [1.29, 1.82) is 0 Å². The van der Waals surface area contributed by atoms with Crippen LogP contribution in [0.15, 0.2) is 42.5 Å². The third-order valence-electron chi connectivity index (χ3n) is 5.79. The fraction of sp³-hybridized carbons (Fsp3) is 0.381. The molecule has 0 fully saturated rings. The maximum atomic E-state index is 13.4. The van der Waals surface area contributed by atoms with E-state index in [0.29, 0.717) is 0 Å². The average molecular weight is 473 g/mol. The Kier molecular flexibility index (Phi) is 5.83. The number of aromatic nitrogens is 3. The molecule has 3 atom stereocenters. The molecule has 5 nitrogen and oxygen atoms in total. The summed E-state index contributed by atoms with van der Waals surface area (Å²) in [6, 6.07) is 2.33. The molecule has 0 saturated carbocycles. The topological polar surface area (TPSA) is 51.0 Å². The molecule has 1 aliphatic heterocycles. The fourth-order valence-corrected chi connectivity index (χ4v) is 4.54. The molecular weight excluding hydrogens is 455 g/mol. The van der Waals surface area contributed by atoms with Gasteiger partial charge in [-0.3, -0.25) is 4.79 Å². The molecule has 1 aromatic heterocycles. The lowest BCUT2D eigenvalue weighted by atomic mass is 9.82. The minimum Gasteiger partial charge on any atom is -0.326 e. The Bertz CT molecular complexity index is 1090. The predicted molar refractivity (Wildman–Crippen MR) is 106 cm³/mol. The molecule has 1 aromatic carbocycles. The Morgan fingerprint density at radius 2 is 1.88 bits per heavy atom. The van der Waals surface area contributed by atoms with Gasteiger partial charge in [0.1, 0.15) is 0 Å². The number of hydrogen-bond donors (Lipinski definition) is 0. The van der Waals surface area contributed by atoms with Gasteiger partial charge >= 0.3 is 6.18 Å². The number of rotatable bonds is 3. The quantitative estimate of drug-likeness (QED) is 0.557. The summed E-state index contributed by atoms with van der Waals surface area (Å²) in [6.07, 6.45) is -0.254. The van der Waals surface area contributed by atoms with E-state index in [2.05, 4.69) is 10.2 Å². The minimum atomic E-state index is -4.73. The summed E-state index contributed by atoms with van der Waals surface area (Å²) < 4.78 is 68.0. The van der Waals surface area contributed by atoms with Crippen LogP contribution in [0.4, 0.5) is 22.0 Å². The van der Waals surface area contributed by atoms with Gasteiger partial charge in [0, 0.05) is 19.0 Å². The van der Waals surface area contributed by atoms with Crippen LogP contribution in [0.2, 0.25) is 5.02 Å². The number of hydrogen-bond acceptors (Lipinski definition) is 3. The first kappa shape index (κ1) is 22.4. The highest BCUT2D eigenvalue weighted by molar-refractivity contribution is 6.34. The number of carbonyl (C=O) groups excluding carboxylic acids is 1. The van der Waals surface area contributed by atoms with Gasteiger partial charge in [0.25, 0.3) is 12.3 Å². The zero-order valence-electron chi connectivity index (χ0n) is 16.7. The third kappa shape index (κ3) is 3.80. The second kappa shape index (κ2) is 8.31. The van der Waals surface area contributed by atoms with Crippen molar-refractivity contribution >= 4 is 17.5 Å². The van der Waals surface area contributed by atoms with Gasteiger partial charge < -0.3 is 9.47 Å². The number of allylic oxidation sites excluding steroid dienone is 3. The summed E-state index contributed by atoms with van der Waals surface area (Å²) in [5, 5.41) is 6.85. The highest BCUT2D eigenvalue weighted by Crippen LogP contribution is 2.42. The predicted octanol–water partition coefficient (Wildman–Crippen LogP) is 5.46. The van der Waals surface area contributed by atoms with Crippen LogP contribution in [0.1, 0.15) is 47.0 Å². The molecule has 32 heavy (non-hydrogen) atoms. The van der Waals surface area contributed by atoms with Crippen LogP contribution in [0.5, 0.6) is 0 Å². The Morgan fingerprint density at radius 3 is 2.53 bits per heavy atom. The van der Waals surface area contributed by atoms with E-state index in [1.165, 1.54) is 15.5 Å². The lowest BCUT2D eigenvalue weighted by molar-refractivity contribution is -0.137. The second-order valence-corrected chi connectivity index (χ2v) is 8.06. The van der Waals surface area contributed by atoms with Crippen molar-refractivity contribution in [1.82, 2.24) is 19.7 Å². The Labute approximate surface area is 185 Å². The molecule has 0 saturated heterocycles. The number of benzene rings is 1. The van der Waals surface area contributed by atoms with Crippen molar-refractivity contribution in [3.05, 3.63) is 70.3 Å². The fourth-order valence-electron chi connectivity index (χ4n) is 4.23. The van der Waals surface area contributed by atoms with Gasteiger partial charge in [0.05, 0.1) is 22.2 Å². The van der Waals surface area contributed by atoms with E-state index < -0.39 is 41.0 Å². The summed E-state index contributed by atoms with van der Waals surface area (Å²) in [5.74, 6) is -1.50. The van der Waals surface area contributed by atoms with E-state index in [4.69, 9.17) is 11.6 Å². The molecule has 11 heteroatoms. The van der Waals surface area contributed by atoms with E-state index in [1.807, 2.05) is 25.2 Å². The first-order chi connectivity index (χ1) is 15.1. The largest absolute Gasteiger partial charge is 0.417 e. The summed E-state index contributed by atoms with van der Waals surface area (Å²) in [5.41, 5.74) is -1.42. The lowest BCUT2D eigenvalue weighted by Crippen LogP contribution is -2.46. The zero-order chi connectivity index (χ0) is 23.2. The van der Waals surface area contributed by atoms with Crippen LogP contribution in [-0.4, -0.2) is 32.1 Å². The molecular formula is C21H18ClF5N4O. The smallest absolute Gasteiger partial charge is 0.326 e. The summed E-state index contributed by atoms with van der Waals surface area (Å²) in [6.45, 7) is 1.87. The van der Waals surface area contributed by atoms with E-state index in [0.717, 1.165) is 12.1 Å². The van der Waals surface area contributed by atoms with Crippen molar-refractivity contribution in [3.8, 4) is 0 Å².